The van der Waals surface area contributed by atoms with Crippen molar-refractivity contribution in [3.8, 4) is 0 Å². The standard InChI is InChI=1S/C14H14N8O4/c1-8(5-21-6-16-18-20-21)22-13(24)9-3-11(15-7-23)10(14(25)26-2)4-12(9)17-19-22/h3-4,6-8H,5H2,1-2H3,(H,15,23)/t8-/m1/s1. The fourth-order valence-corrected chi connectivity index (χ4v) is 2.46. The van der Waals surface area contributed by atoms with E-state index in [1.807, 2.05) is 0 Å². The number of benzene rings is 1. The van der Waals surface area contributed by atoms with Gasteiger partial charge in [-0.3, -0.25) is 9.59 Å². The first-order valence-electron chi connectivity index (χ1n) is 7.47. The predicted octanol–water partition coefficient (Wildman–Crippen LogP) is -0.606. The van der Waals surface area contributed by atoms with Crippen LogP contribution >= 0.6 is 0 Å². The number of amides is 1. The Hall–Kier alpha value is -3.70. The van der Waals surface area contributed by atoms with Crippen LogP contribution in [0.3, 0.4) is 0 Å². The molecule has 3 aromatic rings. The molecule has 0 saturated carbocycles. The van der Waals surface area contributed by atoms with Gasteiger partial charge in [0.05, 0.1) is 36.3 Å². The van der Waals surface area contributed by atoms with Crippen molar-refractivity contribution in [3.05, 3.63) is 34.4 Å². The molecule has 0 unspecified atom stereocenters. The van der Waals surface area contributed by atoms with E-state index in [0.29, 0.717) is 13.0 Å². The Morgan fingerprint density at radius 3 is 2.85 bits per heavy atom. The number of esters is 1. The fraction of sp³-hybridized carbons (Fsp3) is 0.286. The molecule has 12 nitrogen and oxygen atoms in total. The Morgan fingerprint density at radius 2 is 2.19 bits per heavy atom. The number of methoxy groups -OCH3 is 1. The number of hydrogen-bond acceptors (Lipinski definition) is 9. The van der Waals surface area contributed by atoms with Crippen LogP contribution in [0, 0.1) is 0 Å². The summed E-state index contributed by atoms with van der Waals surface area (Å²) in [6, 6.07) is 2.33. The molecule has 3 rings (SSSR count). The van der Waals surface area contributed by atoms with Crippen molar-refractivity contribution in [2.75, 3.05) is 12.4 Å². The van der Waals surface area contributed by atoms with Crippen molar-refractivity contribution in [3.63, 3.8) is 0 Å². The first kappa shape index (κ1) is 17.1. The molecule has 1 N–H and O–H groups in total. The molecular formula is C14H14N8O4. The van der Waals surface area contributed by atoms with E-state index in [2.05, 4.69) is 35.9 Å². The van der Waals surface area contributed by atoms with Gasteiger partial charge in [-0.15, -0.1) is 10.2 Å². The summed E-state index contributed by atoms with van der Waals surface area (Å²) in [5.41, 5.74) is -0.0110. The molecule has 0 aliphatic heterocycles. The van der Waals surface area contributed by atoms with Crippen LogP contribution in [-0.4, -0.2) is 54.7 Å². The topological polar surface area (TPSA) is 147 Å². The second-order valence-electron chi connectivity index (χ2n) is 5.39. The third-order valence-corrected chi connectivity index (χ3v) is 3.70. The highest BCUT2D eigenvalue weighted by Crippen LogP contribution is 2.21. The van der Waals surface area contributed by atoms with Gasteiger partial charge in [-0.2, -0.15) is 0 Å². The van der Waals surface area contributed by atoms with E-state index < -0.39 is 11.5 Å². The number of carbonyl (C=O) groups excluding carboxylic acids is 2. The van der Waals surface area contributed by atoms with Crippen molar-refractivity contribution >= 4 is 29.0 Å². The maximum Gasteiger partial charge on any atom is 0.340 e. The minimum absolute atomic E-state index is 0.0697. The van der Waals surface area contributed by atoms with Crippen molar-refractivity contribution in [2.24, 2.45) is 0 Å². The predicted molar refractivity (Wildman–Crippen MR) is 87.4 cm³/mol. The Balaban J connectivity index is 2.09. The monoisotopic (exact) mass is 358 g/mol. The second kappa shape index (κ2) is 7.04. The summed E-state index contributed by atoms with van der Waals surface area (Å²) in [6.07, 6.45) is 1.83. The number of tetrazole rings is 1. The molecule has 134 valence electrons. The summed E-state index contributed by atoms with van der Waals surface area (Å²) < 4.78 is 7.32. The molecule has 0 bridgehead atoms. The quantitative estimate of drug-likeness (QED) is 0.450. The van der Waals surface area contributed by atoms with Crippen LogP contribution in [0.15, 0.2) is 23.3 Å². The molecule has 0 aliphatic carbocycles. The molecule has 2 aromatic heterocycles. The Kier molecular flexibility index (Phi) is 4.64. The zero-order valence-electron chi connectivity index (χ0n) is 13.9. The van der Waals surface area contributed by atoms with Gasteiger partial charge < -0.3 is 10.1 Å². The molecule has 1 amide bonds. The van der Waals surface area contributed by atoms with Gasteiger partial charge >= 0.3 is 5.97 Å². The van der Waals surface area contributed by atoms with Crippen molar-refractivity contribution in [1.29, 1.82) is 0 Å². The molecule has 1 atom stereocenters. The highest BCUT2D eigenvalue weighted by Gasteiger charge is 2.18. The number of nitrogens with one attached hydrogen (secondary N) is 1. The first-order valence-corrected chi connectivity index (χ1v) is 7.47. The van der Waals surface area contributed by atoms with Crippen molar-refractivity contribution in [2.45, 2.75) is 19.5 Å². The molecule has 0 saturated heterocycles. The SMILES string of the molecule is COC(=O)c1cc2nnn([C@H](C)Cn3cnnn3)c(=O)c2cc1NC=O. The van der Waals surface area contributed by atoms with E-state index in [1.54, 1.807) is 6.92 Å². The number of ether oxygens (including phenoxy) is 1. The maximum absolute atomic E-state index is 12.8. The van der Waals surface area contributed by atoms with Gasteiger partial charge in [0.1, 0.15) is 11.8 Å². The average Bonchev–Trinajstić information content (AvgIpc) is 3.14. The van der Waals surface area contributed by atoms with Crippen LogP contribution in [0.25, 0.3) is 10.9 Å². The fourth-order valence-electron chi connectivity index (χ4n) is 2.46. The Labute approximate surface area is 145 Å². The van der Waals surface area contributed by atoms with E-state index in [-0.39, 0.29) is 28.2 Å². The summed E-state index contributed by atoms with van der Waals surface area (Å²) in [5, 5.41) is 21.3. The molecular weight excluding hydrogens is 344 g/mol. The van der Waals surface area contributed by atoms with Gasteiger partial charge in [-0.05, 0) is 29.5 Å². The highest BCUT2D eigenvalue weighted by atomic mass is 16.5. The molecule has 0 spiro atoms. The summed E-state index contributed by atoms with van der Waals surface area (Å²) in [4.78, 5) is 35.4. The largest absolute Gasteiger partial charge is 0.465 e. The van der Waals surface area contributed by atoms with Crippen LogP contribution in [0.1, 0.15) is 23.3 Å². The highest BCUT2D eigenvalue weighted by molar-refractivity contribution is 6.02. The van der Waals surface area contributed by atoms with Gasteiger partial charge in [0.25, 0.3) is 5.56 Å². The van der Waals surface area contributed by atoms with E-state index in [0.717, 1.165) is 0 Å². The number of anilines is 1. The lowest BCUT2D eigenvalue weighted by Crippen LogP contribution is -2.29. The molecule has 26 heavy (non-hydrogen) atoms. The van der Waals surface area contributed by atoms with Crippen molar-refractivity contribution < 1.29 is 14.3 Å². The van der Waals surface area contributed by atoms with Crippen LogP contribution in [0.4, 0.5) is 5.69 Å². The lowest BCUT2D eigenvalue weighted by Gasteiger charge is -2.13. The zero-order valence-corrected chi connectivity index (χ0v) is 13.9. The van der Waals surface area contributed by atoms with Crippen LogP contribution in [0.2, 0.25) is 0 Å². The lowest BCUT2D eigenvalue weighted by molar-refractivity contribution is -0.105. The normalized spacial score (nSPS) is 11.9. The van der Waals surface area contributed by atoms with E-state index in [9.17, 15) is 14.4 Å². The van der Waals surface area contributed by atoms with Crippen LogP contribution in [0.5, 0.6) is 0 Å². The van der Waals surface area contributed by atoms with E-state index >= 15 is 0 Å². The van der Waals surface area contributed by atoms with Gasteiger partial charge in [0.15, 0.2) is 0 Å². The molecule has 1 aromatic carbocycles. The number of rotatable bonds is 6. The lowest BCUT2D eigenvalue weighted by atomic mass is 10.1. The smallest absolute Gasteiger partial charge is 0.340 e. The second-order valence-corrected chi connectivity index (χ2v) is 5.39. The van der Waals surface area contributed by atoms with Gasteiger partial charge in [-0.25, -0.2) is 14.2 Å². The van der Waals surface area contributed by atoms with Gasteiger partial charge in [0.2, 0.25) is 6.41 Å². The Morgan fingerprint density at radius 1 is 1.38 bits per heavy atom. The zero-order chi connectivity index (χ0) is 18.7. The van der Waals surface area contributed by atoms with Crippen LogP contribution in [-0.2, 0) is 16.1 Å². The molecule has 12 heteroatoms. The third-order valence-electron chi connectivity index (χ3n) is 3.70. The van der Waals surface area contributed by atoms with E-state index in [1.165, 1.54) is 34.9 Å². The molecule has 0 aliphatic rings. The molecule has 0 radical (unpaired) electrons. The number of fused-ring (bicyclic) bond motifs is 1. The maximum atomic E-state index is 12.8. The van der Waals surface area contributed by atoms with Gasteiger partial charge in [0, 0.05) is 0 Å². The molecule has 0 fully saturated rings. The summed E-state index contributed by atoms with van der Waals surface area (Å²) in [5.74, 6) is -0.672. The number of hydrogen-bond donors (Lipinski definition) is 1. The van der Waals surface area contributed by atoms with Crippen LogP contribution < -0.4 is 10.9 Å². The Bertz CT molecular complexity index is 1010. The first-order chi connectivity index (χ1) is 12.5. The van der Waals surface area contributed by atoms with E-state index in [4.69, 9.17) is 0 Å². The number of aromatic nitrogens is 7. The molecule has 2 heterocycles. The third kappa shape index (κ3) is 3.11. The van der Waals surface area contributed by atoms with Gasteiger partial charge in [-0.1, -0.05) is 5.21 Å². The minimum Gasteiger partial charge on any atom is -0.465 e. The number of carbonyl (C=O) groups is 2. The van der Waals surface area contributed by atoms with Crippen molar-refractivity contribution in [1.82, 2.24) is 35.2 Å². The minimum atomic E-state index is -0.672. The average molecular weight is 358 g/mol. The summed E-state index contributed by atoms with van der Waals surface area (Å²) in [6.45, 7) is 2.07. The summed E-state index contributed by atoms with van der Waals surface area (Å²) >= 11 is 0. The summed E-state index contributed by atoms with van der Waals surface area (Å²) in [7, 11) is 1.21. The number of nitrogens with zero attached hydrogens (tertiary/aromatic N) is 7.